The van der Waals surface area contributed by atoms with Gasteiger partial charge in [-0.3, -0.25) is 5.43 Å². The summed E-state index contributed by atoms with van der Waals surface area (Å²) in [5.41, 5.74) is 6.28. The van der Waals surface area contributed by atoms with Crippen LogP contribution in [-0.4, -0.2) is 10.8 Å². The molecule has 0 saturated carbocycles. The van der Waals surface area contributed by atoms with Crippen molar-refractivity contribution in [2.75, 3.05) is 5.43 Å². The molecule has 1 aromatic carbocycles. The second kappa shape index (κ2) is 4.66. The number of anilines is 1. The van der Waals surface area contributed by atoms with Crippen LogP contribution in [0.5, 0.6) is 0 Å². The Balaban J connectivity index is 2.03. The highest BCUT2D eigenvalue weighted by atomic mass is 15.3. The Hall–Kier alpha value is -2.03. The van der Waals surface area contributed by atoms with Crippen LogP contribution in [0.15, 0.2) is 47.6 Å². The van der Waals surface area contributed by atoms with Gasteiger partial charge in [-0.2, -0.15) is 5.10 Å². The van der Waals surface area contributed by atoms with E-state index in [9.17, 15) is 0 Å². The van der Waals surface area contributed by atoms with Gasteiger partial charge in [-0.1, -0.05) is 18.2 Å². The summed E-state index contributed by atoms with van der Waals surface area (Å²) in [6.45, 7) is 2.07. The first-order valence-electron chi connectivity index (χ1n) is 5.24. The molecule has 0 atom stereocenters. The molecule has 0 aliphatic heterocycles. The van der Waals surface area contributed by atoms with Crippen LogP contribution in [0.4, 0.5) is 5.69 Å². The highest BCUT2D eigenvalue weighted by molar-refractivity contribution is 5.78. The lowest BCUT2D eigenvalue weighted by atomic mass is 10.3. The van der Waals surface area contributed by atoms with Crippen LogP contribution in [0.3, 0.4) is 0 Å². The first-order chi connectivity index (χ1) is 7.77. The summed E-state index contributed by atoms with van der Waals surface area (Å²) >= 11 is 0. The molecular formula is C13H15N3. The van der Waals surface area contributed by atoms with Crippen molar-refractivity contribution in [1.29, 1.82) is 0 Å². The molecule has 82 valence electrons. The fraction of sp³-hybridized carbons (Fsp3) is 0.154. The molecule has 1 aromatic heterocycles. The number of hydrogen-bond donors (Lipinski definition) is 1. The number of aryl methyl sites for hydroxylation is 1. The lowest BCUT2D eigenvalue weighted by Crippen LogP contribution is -1.98. The first-order valence-corrected chi connectivity index (χ1v) is 5.24. The predicted molar refractivity (Wildman–Crippen MR) is 67.8 cm³/mol. The molecule has 0 saturated heterocycles. The number of nitrogens with one attached hydrogen (secondary N) is 1. The molecule has 0 aliphatic rings. The van der Waals surface area contributed by atoms with Gasteiger partial charge in [0, 0.05) is 12.7 Å². The second-order valence-electron chi connectivity index (χ2n) is 3.69. The Morgan fingerprint density at radius 2 is 1.88 bits per heavy atom. The van der Waals surface area contributed by atoms with Gasteiger partial charge in [0.15, 0.2) is 0 Å². The quantitative estimate of drug-likeness (QED) is 0.616. The van der Waals surface area contributed by atoms with Crippen LogP contribution in [0.2, 0.25) is 0 Å². The predicted octanol–water partition coefficient (Wildman–Crippen LogP) is 2.78. The van der Waals surface area contributed by atoms with Crippen molar-refractivity contribution < 1.29 is 0 Å². The molecule has 1 heterocycles. The number of para-hydroxylation sites is 1. The molecule has 3 heteroatoms. The monoisotopic (exact) mass is 213 g/mol. The molecule has 16 heavy (non-hydrogen) atoms. The third kappa shape index (κ3) is 2.31. The van der Waals surface area contributed by atoms with Crippen LogP contribution in [-0.2, 0) is 7.05 Å². The van der Waals surface area contributed by atoms with Gasteiger partial charge in [-0.25, -0.2) is 0 Å². The number of rotatable bonds is 3. The molecule has 0 fully saturated rings. The van der Waals surface area contributed by atoms with Gasteiger partial charge in [-0.05, 0) is 31.2 Å². The standard InChI is InChI=1S/C13H15N3/c1-11-8-9-13(16(11)2)10-14-15-12-6-4-3-5-7-12/h3-10,15H,1-2H3/b14-10+. The van der Waals surface area contributed by atoms with Crippen molar-refractivity contribution >= 4 is 11.9 Å². The van der Waals surface area contributed by atoms with Crippen LogP contribution in [0.1, 0.15) is 11.4 Å². The highest BCUT2D eigenvalue weighted by Gasteiger charge is 1.96. The van der Waals surface area contributed by atoms with E-state index in [0.29, 0.717) is 0 Å². The van der Waals surface area contributed by atoms with Crippen LogP contribution in [0.25, 0.3) is 0 Å². The molecular weight excluding hydrogens is 198 g/mol. The maximum atomic E-state index is 4.19. The molecule has 0 spiro atoms. The average Bonchev–Trinajstić information content (AvgIpc) is 2.62. The van der Waals surface area contributed by atoms with Crippen LogP contribution < -0.4 is 5.43 Å². The van der Waals surface area contributed by atoms with E-state index in [1.165, 1.54) is 5.69 Å². The van der Waals surface area contributed by atoms with Crippen molar-refractivity contribution in [2.24, 2.45) is 12.1 Å². The summed E-state index contributed by atoms with van der Waals surface area (Å²) in [6, 6.07) is 14.0. The second-order valence-corrected chi connectivity index (χ2v) is 3.69. The van der Waals surface area contributed by atoms with Gasteiger partial charge >= 0.3 is 0 Å². The molecule has 0 amide bonds. The van der Waals surface area contributed by atoms with Gasteiger partial charge in [0.1, 0.15) is 0 Å². The average molecular weight is 213 g/mol. The lowest BCUT2D eigenvalue weighted by molar-refractivity contribution is 0.874. The van der Waals surface area contributed by atoms with Crippen molar-refractivity contribution in [1.82, 2.24) is 4.57 Å². The normalized spacial score (nSPS) is 10.9. The SMILES string of the molecule is Cc1ccc(/C=N/Nc2ccccc2)n1C. The zero-order chi connectivity index (χ0) is 11.4. The van der Waals surface area contributed by atoms with Gasteiger partial charge in [0.05, 0.1) is 17.6 Å². The first kappa shape index (κ1) is 10.5. The molecule has 3 nitrogen and oxygen atoms in total. The van der Waals surface area contributed by atoms with Gasteiger partial charge < -0.3 is 4.57 Å². The van der Waals surface area contributed by atoms with Crippen LogP contribution >= 0.6 is 0 Å². The largest absolute Gasteiger partial charge is 0.347 e. The summed E-state index contributed by atoms with van der Waals surface area (Å²) in [5.74, 6) is 0. The number of aromatic nitrogens is 1. The van der Waals surface area contributed by atoms with Gasteiger partial charge in [0.25, 0.3) is 0 Å². The van der Waals surface area contributed by atoms with E-state index in [4.69, 9.17) is 0 Å². The van der Waals surface area contributed by atoms with Crippen molar-refractivity contribution in [3.05, 3.63) is 53.9 Å². The Labute approximate surface area is 95.4 Å². The summed E-state index contributed by atoms with van der Waals surface area (Å²) in [4.78, 5) is 0. The minimum absolute atomic E-state index is 0.990. The fourth-order valence-electron chi connectivity index (χ4n) is 1.45. The fourth-order valence-corrected chi connectivity index (χ4v) is 1.45. The van der Waals surface area contributed by atoms with Crippen molar-refractivity contribution in [3.63, 3.8) is 0 Å². The van der Waals surface area contributed by atoms with E-state index in [0.717, 1.165) is 11.4 Å². The van der Waals surface area contributed by atoms with E-state index in [2.05, 4.69) is 28.1 Å². The van der Waals surface area contributed by atoms with Crippen LogP contribution in [0, 0.1) is 6.92 Å². The molecule has 2 rings (SSSR count). The highest BCUT2D eigenvalue weighted by Crippen LogP contribution is 2.06. The number of hydrazone groups is 1. The number of hydrogen-bond acceptors (Lipinski definition) is 2. The van der Waals surface area contributed by atoms with E-state index in [1.54, 1.807) is 0 Å². The lowest BCUT2D eigenvalue weighted by Gasteiger charge is -2.00. The van der Waals surface area contributed by atoms with E-state index < -0.39 is 0 Å². The molecule has 2 aromatic rings. The maximum Gasteiger partial charge on any atom is 0.0709 e. The summed E-state index contributed by atoms with van der Waals surface area (Å²) < 4.78 is 2.09. The van der Waals surface area contributed by atoms with Gasteiger partial charge in [0.2, 0.25) is 0 Å². The van der Waals surface area contributed by atoms with Gasteiger partial charge in [-0.15, -0.1) is 0 Å². The number of nitrogens with zero attached hydrogens (tertiary/aromatic N) is 2. The van der Waals surface area contributed by atoms with Crippen molar-refractivity contribution in [2.45, 2.75) is 6.92 Å². The summed E-state index contributed by atoms with van der Waals surface area (Å²) in [7, 11) is 2.03. The Bertz CT molecular complexity index is 483. The molecule has 1 N–H and O–H groups in total. The summed E-state index contributed by atoms with van der Waals surface area (Å²) in [6.07, 6.45) is 1.82. The third-order valence-electron chi connectivity index (χ3n) is 2.58. The minimum Gasteiger partial charge on any atom is -0.347 e. The topological polar surface area (TPSA) is 29.3 Å². The molecule has 0 radical (unpaired) electrons. The zero-order valence-corrected chi connectivity index (χ0v) is 9.51. The van der Waals surface area contributed by atoms with E-state index >= 15 is 0 Å². The molecule has 0 unspecified atom stereocenters. The minimum atomic E-state index is 0.990. The van der Waals surface area contributed by atoms with E-state index in [-0.39, 0.29) is 0 Å². The van der Waals surface area contributed by atoms with Crippen molar-refractivity contribution in [3.8, 4) is 0 Å². The zero-order valence-electron chi connectivity index (χ0n) is 9.51. The smallest absolute Gasteiger partial charge is 0.0709 e. The Kier molecular flexibility index (Phi) is 3.05. The Morgan fingerprint density at radius 3 is 2.50 bits per heavy atom. The third-order valence-corrected chi connectivity index (χ3v) is 2.58. The Morgan fingerprint density at radius 1 is 1.12 bits per heavy atom. The number of benzene rings is 1. The molecule has 0 bridgehead atoms. The summed E-state index contributed by atoms with van der Waals surface area (Å²) in [5, 5.41) is 4.19. The maximum absolute atomic E-state index is 4.19. The molecule has 0 aliphatic carbocycles. The van der Waals surface area contributed by atoms with E-state index in [1.807, 2.05) is 49.7 Å².